The molecule has 0 aliphatic rings. The van der Waals surface area contributed by atoms with E-state index in [1.807, 2.05) is 32.9 Å². The van der Waals surface area contributed by atoms with Crippen LogP contribution in [0.15, 0.2) is 18.3 Å². The van der Waals surface area contributed by atoms with Crippen molar-refractivity contribution < 1.29 is 4.79 Å². The predicted molar refractivity (Wildman–Crippen MR) is 69.8 cm³/mol. The van der Waals surface area contributed by atoms with Crippen LogP contribution >= 0.6 is 22.6 Å². The van der Waals surface area contributed by atoms with Gasteiger partial charge in [0.15, 0.2) is 0 Å². The normalized spacial score (nSPS) is 11.3. The molecule has 0 saturated carbocycles. The smallest absolute Gasteiger partial charge is 0.233 e. The van der Waals surface area contributed by atoms with Crippen molar-refractivity contribution >= 4 is 34.3 Å². The van der Waals surface area contributed by atoms with Crippen molar-refractivity contribution in [3.05, 3.63) is 21.9 Å². The fraction of sp³-hybridized carbons (Fsp3) is 0.455. The van der Waals surface area contributed by atoms with Crippen molar-refractivity contribution in [2.24, 2.45) is 5.41 Å². The van der Waals surface area contributed by atoms with Gasteiger partial charge in [0.25, 0.3) is 0 Å². The fourth-order valence-corrected chi connectivity index (χ4v) is 1.49. The third-order valence-corrected chi connectivity index (χ3v) is 2.64. The van der Waals surface area contributed by atoms with Gasteiger partial charge in [0, 0.05) is 22.2 Å². The highest BCUT2D eigenvalue weighted by molar-refractivity contribution is 14.1. The molecular weight excluding hydrogens is 303 g/mol. The zero-order valence-electron chi connectivity index (χ0n) is 9.41. The molecule has 0 radical (unpaired) electrons. The zero-order valence-corrected chi connectivity index (χ0v) is 11.6. The lowest BCUT2D eigenvalue weighted by molar-refractivity contribution is -0.125. The molecular formula is C11H15IN2O. The molecule has 0 aliphatic carbocycles. The fourth-order valence-electron chi connectivity index (χ4n) is 1.17. The molecule has 0 bridgehead atoms. The minimum Gasteiger partial charge on any atom is -0.300 e. The van der Waals surface area contributed by atoms with Crippen molar-refractivity contribution in [3.8, 4) is 0 Å². The van der Waals surface area contributed by atoms with Gasteiger partial charge < -0.3 is 0 Å². The van der Waals surface area contributed by atoms with Crippen LogP contribution in [0.1, 0.15) is 20.8 Å². The minimum atomic E-state index is -0.376. The number of aromatic nitrogens is 1. The molecule has 82 valence electrons. The van der Waals surface area contributed by atoms with Crippen LogP contribution in [-0.4, -0.2) is 17.9 Å². The van der Waals surface area contributed by atoms with Crippen molar-refractivity contribution in [2.75, 3.05) is 11.9 Å². The van der Waals surface area contributed by atoms with E-state index in [1.165, 1.54) is 0 Å². The molecule has 1 aromatic rings. The second-order valence-corrected chi connectivity index (χ2v) is 5.69. The van der Waals surface area contributed by atoms with Crippen LogP contribution in [0.2, 0.25) is 0 Å². The predicted octanol–water partition coefficient (Wildman–Crippen LogP) is 2.70. The molecule has 0 aromatic carbocycles. The van der Waals surface area contributed by atoms with Crippen LogP contribution in [0.4, 0.5) is 5.82 Å². The Bertz CT molecular complexity index is 354. The van der Waals surface area contributed by atoms with E-state index >= 15 is 0 Å². The maximum atomic E-state index is 11.9. The van der Waals surface area contributed by atoms with E-state index in [0.29, 0.717) is 5.82 Å². The molecule has 0 spiro atoms. The number of hydrogen-bond acceptors (Lipinski definition) is 2. The number of hydrogen-bond donors (Lipinski definition) is 0. The summed E-state index contributed by atoms with van der Waals surface area (Å²) in [6.45, 7) is 5.70. The van der Waals surface area contributed by atoms with Crippen molar-refractivity contribution in [3.63, 3.8) is 0 Å². The number of amides is 1. The molecule has 0 saturated heterocycles. The maximum Gasteiger partial charge on any atom is 0.233 e. The zero-order chi connectivity index (χ0) is 11.6. The highest BCUT2D eigenvalue weighted by Crippen LogP contribution is 2.20. The monoisotopic (exact) mass is 318 g/mol. The van der Waals surface area contributed by atoms with Crippen molar-refractivity contribution in [1.29, 1.82) is 0 Å². The maximum absolute atomic E-state index is 11.9. The van der Waals surface area contributed by atoms with Gasteiger partial charge in [-0.25, -0.2) is 4.98 Å². The average molecular weight is 318 g/mol. The van der Waals surface area contributed by atoms with E-state index in [2.05, 4.69) is 27.6 Å². The lowest BCUT2D eigenvalue weighted by Gasteiger charge is -2.25. The second kappa shape index (κ2) is 4.47. The summed E-state index contributed by atoms with van der Waals surface area (Å²) in [6, 6.07) is 3.79. The Morgan fingerprint density at radius 2 is 2.00 bits per heavy atom. The standard InChI is InChI=1S/C11H15IN2O/c1-11(2,3)10(15)14(4)9-6-5-8(12)7-13-9/h5-7H,1-4H3. The van der Waals surface area contributed by atoms with Crippen LogP contribution in [0, 0.1) is 8.99 Å². The van der Waals surface area contributed by atoms with Gasteiger partial charge >= 0.3 is 0 Å². The molecule has 0 atom stereocenters. The molecule has 1 rings (SSSR count). The first-order chi connectivity index (χ1) is 6.82. The van der Waals surface area contributed by atoms with Crippen LogP contribution in [0.3, 0.4) is 0 Å². The highest BCUT2D eigenvalue weighted by Gasteiger charge is 2.26. The summed E-state index contributed by atoms with van der Waals surface area (Å²) in [7, 11) is 1.75. The molecule has 0 aliphatic heterocycles. The number of pyridine rings is 1. The van der Waals surface area contributed by atoms with Gasteiger partial charge in [-0.05, 0) is 34.7 Å². The van der Waals surface area contributed by atoms with Crippen LogP contribution < -0.4 is 4.90 Å². The lowest BCUT2D eigenvalue weighted by Crippen LogP contribution is -2.37. The van der Waals surface area contributed by atoms with E-state index in [0.717, 1.165) is 3.57 Å². The molecule has 0 unspecified atom stereocenters. The highest BCUT2D eigenvalue weighted by atomic mass is 127. The second-order valence-electron chi connectivity index (χ2n) is 4.45. The third kappa shape index (κ3) is 3.15. The van der Waals surface area contributed by atoms with Gasteiger partial charge in [-0.3, -0.25) is 9.69 Å². The largest absolute Gasteiger partial charge is 0.300 e. The Labute approximate surface area is 104 Å². The molecule has 1 amide bonds. The Kier molecular flexibility index (Phi) is 3.70. The molecule has 1 heterocycles. The van der Waals surface area contributed by atoms with Crippen LogP contribution in [0.25, 0.3) is 0 Å². The third-order valence-electron chi connectivity index (χ3n) is 2.00. The molecule has 1 aromatic heterocycles. The number of rotatable bonds is 1. The molecule has 0 fully saturated rings. The SMILES string of the molecule is CN(C(=O)C(C)(C)C)c1ccc(I)cn1. The van der Waals surface area contributed by atoms with Crippen molar-refractivity contribution in [1.82, 2.24) is 4.98 Å². The number of carbonyl (C=O) groups is 1. The van der Waals surface area contributed by atoms with Gasteiger partial charge in [-0.1, -0.05) is 20.8 Å². The quantitative estimate of drug-likeness (QED) is 0.746. The number of carbonyl (C=O) groups excluding carboxylic acids is 1. The number of nitrogens with zero attached hydrogens (tertiary/aromatic N) is 2. The lowest BCUT2D eigenvalue weighted by atomic mass is 9.95. The van der Waals surface area contributed by atoms with Crippen LogP contribution in [0.5, 0.6) is 0 Å². The van der Waals surface area contributed by atoms with Crippen LogP contribution in [-0.2, 0) is 4.79 Å². The summed E-state index contributed by atoms with van der Waals surface area (Å²) >= 11 is 2.19. The van der Waals surface area contributed by atoms with E-state index < -0.39 is 0 Å². The summed E-state index contributed by atoms with van der Waals surface area (Å²) < 4.78 is 1.06. The Balaban J connectivity index is 2.90. The van der Waals surface area contributed by atoms with Crippen molar-refractivity contribution in [2.45, 2.75) is 20.8 Å². The molecule has 15 heavy (non-hydrogen) atoms. The molecule has 4 heteroatoms. The first-order valence-corrected chi connectivity index (χ1v) is 5.80. The first-order valence-electron chi connectivity index (χ1n) is 4.72. The number of anilines is 1. The summed E-state index contributed by atoms with van der Waals surface area (Å²) in [6.07, 6.45) is 1.75. The van der Waals surface area contributed by atoms with Gasteiger partial charge in [-0.15, -0.1) is 0 Å². The Hall–Kier alpha value is -0.650. The number of halogens is 1. The van der Waals surface area contributed by atoms with E-state index in [-0.39, 0.29) is 11.3 Å². The van der Waals surface area contributed by atoms with E-state index in [1.54, 1.807) is 18.1 Å². The van der Waals surface area contributed by atoms with E-state index in [4.69, 9.17) is 0 Å². The summed E-state index contributed by atoms with van der Waals surface area (Å²) in [4.78, 5) is 17.7. The molecule has 0 N–H and O–H groups in total. The van der Waals surface area contributed by atoms with Gasteiger partial charge in [0.05, 0.1) is 0 Å². The van der Waals surface area contributed by atoms with Gasteiger partial charge in [-0.2, -0.15) is 0 Å². The Morgan fingerprint density at radius 3 is 2.40 bits per heavy atom. The first kappa shape index (κ1) is 12.4. The Morgan fingerprint density at radius 1 is 1.40 bits per heavy atom. The van der Waals surface area contributed by atoms with Gasteiger partial charge in [0.1, 0.15) is 5.82 Å². The van der Waals surface area contributed by atoms with Gasteiger partial charge in [0.2, 0.25) is 5.91 Å². The minimum absolute atomic E-state index is 0.0659. The van der Waals surface area contributed by atoms with E-state index in [9.17, 15) is 4.79 Å². The summed E-state index contributed by atoms with van der Waals surface area (Å²) in [5.41, 5.74) is -0.376. The summed E-state index contributed by atoms with van der Waals surface area (Å²) in [5.74, 6) is 0.756. The average Bonchev–Trinajstić information content (AvgIpc) is 2.15. The molecule has 3 nitrogen and oxygen atoms in total. The topological polar surface area (TPSA) is 33.2 Å². The summed E-state index contributed by atoms with van der Waals surface area (Å²) in [5, 5.41) is 0.